The smallest absolute Gasteiger partial charge is 0.253 e. The minimum Gasteiger partial charge on any atom is -0.338 e. The topological polar surface area (TPSA) is 29.1 Å². The highest BCUT2D eigenvalue weighted by molar-refractivity contribution is 9.10. The van der Waals surface area contributed by atoms with Crippen LogP contribution in [-0.4, -0.2) is 11.9 Å². The zero-order valence-corrected chi connectivity index (χ0v) is 11.3. The quantitative estimate of drug-likeness (QED) is 0.652. The van der Waals surface area contributed by atoms with Crippen molar-refractivity contribution in [2.45, 2.75) is 24.3 Å². The molecule has 1 unspecified atom stereocenters. The van der Waals surface area contributed by atoms with Crippen molar-refractivity contribution in [1.29, 1.82) is 0 Å². The molecule has 84 valence electrons. The van der Waals surface area contributed by atoms with Gasteiger partial charge in [0.25, 0.3) is 5.91 Å². The Labute approximate surface area is 109 Å². The van der Waals surface area contributed by atoms with Gasteiger partial charge in [-0.2, -0.15) is 0 Å². The second-order valence-electron chi connectivity index (χ2n) is 3.26. The van der Waals surface area contributed by atoms with Gasteiger partial charge in [-0.1, -0.05) is 28.8 Å². The van der Waals surface area contributed by atoms with E-state index in [2.05, 4.69) is 39.8 Å². The third-order valence-corrected chi connectivity index (χ3v) is 2.98. The Kier molecular flexibility index (Phi) is 4.91. The Balaban J connectivity index is 2.85. The fraction of sp³-hybridized carbons (Fsp3) is 0.250. The van der Waals surface area contributed by atoms with Crippen LogP contribution in [0.1, 0.15) is 23.7 Å². The first-order valence-corrected chi connectivity index (χ1v) is 6.08. The van der Waals surface area contributed by atoms with Crippen molar-refractivity contribution in [3.63, 3.8) is 0 Å². The maximum atomic E-state index is 11.8. The fourth-order valence-corrected chi connectivity index (χ4v) is 2.05. The number of benzene rings is 1. The van der Waals surface area contributed by atoms with E-state index in [1.807, 2.05) is 6.92 Å². The second kappa shape index (κ2) is 5.97. The maximum Gasteiger partial charge on any atom is 0.253 e. The zero-order valence-electron chi connectivity index (χ0n) is 8.83. The summed E-state index contributed by atoms with van der Waals surface area (Å²) in [4.78, 5) is 12.5. The van der Waals surface area contributed by atoms with Crippen LogP contribution in [0.4, 0.5) is 0 Å². The van der Waals surface area contributed by atoms with Crippen molar-refractivity contribution in [2.24, 2.45) is 0 Å². The average molecular weight is 298 g/mol. The zero-order chi connectivity index (χ0) is 12.1. The Morgan fingerprint density at radius 2 is 2.38 bits per heavy atom. The Hall–Kier alpha value is -0.920. The summed E-state index contributed by atoms with van der Waals surface area (Å²) in [6.45, 7) is 1.92. The van der Waals surface area contributed by atoms with Crippen molar-refractivity contribution >= 4 is 34.5 Å². The van der Waals surface area contributed by atoms with Crippen LogP contribution in [0.5, 0.6) is 0 Å². The van der Waals surface area contributed by atoms with Gasteiger partial charge in [-0.25, -0.2) is 0 Å². The minimum absolute atomic E-state index is 0.192. The van der Waals surface area contributed by atoms with Gasteiger partial charge in [0.1, 0.15) is 0 Å². The molecule has 0 saturated heterocycles. The number of carbonyl (C=O) groups excluding carboxylic acids is 1. The summed E-state index contributed by atoms with van der Waals surface area (Å²) in [5.41, 5.74) is 0.528. The predicted octanol–water partition coefficient (Wildman–Crippen LogP) is 2.88. The number of nitrogens with one attached hydrogen (secondary N) is 1. The molecule has 0 saturated carbocycles. The lowest BCUT2D eigenvalue weighted by atomic mass is 10.2. The van der Waals surface area contributed by atoms with Crippen LogP contribution >= 0.6 is 28.6 Å². The molecular weight excluding hydrogens is 286 g/mol. The second-order valence-corrected chi connectivity index (χ2v) is 4.66. The number of rotatable bonds is 3. The molecular formula is C12H12BrNOS. The highest BCUT2D eigenvalue weighted by Gasteiger charge is 2.12. The maximum absolute atomic E-state index is 11.8. The molecule has 1 atom stereocenters. The standard InChI is InChI=1S/C12H12BrNOS/c1-3-9(4-2)14-12(15)10-6-5-8(13)7-11(10)16/h1,5-7,9,16H,4H2,2H3,(H,14,15). The van der Waals surface area contributed by atoms with E-state index in [-0.39, 0.29) is 11.9 Å². The van der Waals surface area contributed by atoms with Gasteiger partial charge in [-0.15, -0.1) is 19.1 Å². The van der Waals surface area contributed by atoms with Crippen molar-refractivity contribution in [3.05, 3.63) is 28.2 Å². The molecule has 0 fully saturated rings. The fourth-order valence-electron chi connectivity index (χ4n) is 1.19. The predicted molar refractivity (Wildman–Crippen MR) is 71.8 cm³/mol. The molecule has 0 radical (unpaired) electrons. The third-order valence-electron chi connectivity index (χ3n) is 2.12. The van der Waals surface area contributed by atoms with Crippen LogP contribution in [-0.2, 0) is 0 Å². The molecule has 1 amide bonds. The van der Waals surface area contributed by atoms with E-state index in [0.29, 0.717) is 16.9 Å². The van der Waals surface area contributed by atoms with Gasteiger partial charge in [-0.05, 0) is 24.6 Å². The van der Waals surface area contributed by atoms with E-state index < -0.39 is 0 Å². The number of hydrogen-bond acceptors (Lipinski definition) is 2. The lowest BCUT2D eigenvalue weighted by Gasteiger charge is -2.11. The van der Waals surface area contributed by atoms with Gasteiger partial charge in [0, 0.05) is 9.37 Å². The van der Waals surface area contributed by atoms with Crippen LogP contribution < -0.4 is 5.32 Å². The van der Waals surface area contributed by atoms with E-state index >= 15 is 0 Å². The summed E-state index contributed by atoms with van der Waals surface area (Å²) in [5, 5.41) is 2.75. The first-order valence-electron chi connectivity index (χ1n) is 4.84. The number of terminal acetylenes is 1. The first kappa shape index (κ1) is 13.1. The molecule has 0 aliphatic rings. The van der Waals surface area contributed by atoms with Crippen LogP contribution in [0.2, 0.25) is 0 Å². The summed E-state index contributed by atoms with van der Waals surface area (Å²) < 4.78 is 0.887. The summed E-state index contributed by atoms with van der Waals surface area (Å²) >= 11 is 7.56. The minimum atomic E-state index is -0.233. The van der Waals surface area contributed by atoms with Crippen LogP contribution in [0, 0.1) is 12.3 Å². The number of carbonyl (C=O) groups is 1. The van der Waals surface area contributed by atoms with Crippen molar-refractivity contribution in [2.75, 3.05) is 0 Å². The summed E-state index contributed by atoms with van der Waals surface area (Å²) in [5.74, 6) is 2.32. The van der Waals surface area contributed by atoms with Gasteiger partial charge < -0.3 is 5.32 Å². The molecule has 16 heavy (non-hydrogen) atoms. The lowest BCUT2D eigenvalue weighted by Crippen LogP contribution is -2.33. The van der Waals surface area contributed by atoms with Crippen molar-refractivity contribution in [1.82, 2.24) is 5.32 Å². The van der Waals surface area contributed by atoms with E-state index in [1.165, 1.54) is 0 Å². The molecule has 2 nitrogen and oxygen atoms in total. The van der Waals surface area contributed by atoms with Gasteiger partial charge >= 0.3 is 0 Å². The van der Waals surface area contributed by atoms with Crippen molar-refractivity contribution < 1.29 is 4.79 Å². The molecule has 0 spiro atoms. The first-order chi connectivity index (χ1) is 7.58. The molecule has 0 bridgehead atoms. The van der Waals surface area contributed by atoms with Crippen LogP contribution in [0.15, 0.2) is 27.6 Å². The molecule has 1 rings (SSSR count). The van der Waals surface area contributed by atoms with Gasteiger partial charge in [0.2, 0.25) is 0 Å². The van der Waals surface area contributed by atoms with Gasteiger partial charge in [0.15, 0.2) is 0 Å². The Bertz CT molecular complexity index is 439. The largest absolute Gasteiger partial charge is 0.338 e. The molecule has 4 heteroatoms. The molecule has 1 aromatic carbocycles. The van der Waals surface area contributed by atoms with E-state index in [4.69, 9.17) is 6.42 Å². The normalized spacial score (nSPS) is 11.6. The number of amides is 1. The third kappa shape index (κ3) is 3.29. The Morgan fingerprint density at radius 1 is 1.69 bits per heavy atom. The number of hydrogen-bond donors (Lipinski definition) is 2. The average Bonchev–Trinajstić information content (AvgIpc) is 2.25. The molecule has 0 aliphatic heterocycles. The summed E-state index contributed by atoms with van der Waals surface area (Å²) in [6, 6.07) is 5.05. The molecule has 0 aliphatic carbocycles. The van der Waals surface area contributed by atoms with Gasteiger partial charge in [0.05, 0.1) is 11.6 Å². The Morgan fingerprint density at radius 3 is 2.88 bits per heavy atom. The summed E-state index contributed by atoms with van der Waals surface area (Å²) in [6.07, 6.45) is 5.99. The van der Waals surface area contributed by atoms with Crippen molar-refractivity contribution in [3.8, 4) is 12.3 Å². The molecule has 0 aromatic heterocycles. The van der Waals surface area contributed by atoms with Crippen LogP contribution in [0.3, 0.4) is 0 Å². The lowest BCUT2D eigenvalue weighted by molar-refractivity contribution is 0.0942. The number of halogens is 1. The SMILES string of the molecule is C#CC(CC)NC(=O)c1ccc(Br)cc1S. The van der Waals surface area contributed by atoms with E-state index in [1.54, 1.807) is 18.2 Å². The monoisotopic (exact) mass is 297 g/mol. The number of thiol groups is 1. The molecule has 1 N–H and O–H groups in total. The van der Waals surface area contributed by atoms with Crippen LogP contribution in [0.25, 0.3) is 0 Å². The van der Waals surface area contributed by atoms with E-state index in [9.17, 15) is 4.79 Å². The highest BCUT2D eigenvalue weighted by Crippen LogP contribution is 2.19. The summed E-state index contributed by atoms with van der Waals surface area (Å²) in [7, 11) is 0. The van der Waals surface area contributed by atoms with Gasteiger partial charge in [-0.3, -0.25) is 4.79 Å². The molecule has 0 heterocycles. The highest BCUT2D eigenvalue weighted by atomic mass is 79.9. The molecule has 1 aromatic rings. The van der Waals surface area contributed by atoms with E-state index in [0.717, 1.165) is 4.47 Å².